The van der Waals surface area contributed by atoms with Crippen molar-refractivity contribution in [2.24, 2.45) is 5.92 Å². The number of phenolic OH excluding ortho intramolecular Hbond substituents is 1. The van der Waals surface area contributed by atoms with Gasteiger partial charge in [0.15, 0.2) is 0 Å². The number of amides is 3. The molecule has 3 heterocycles. The molecule has 32 heavy (non-hydrogen) atoms. The summed E-state index contributed by atoms with van der Waals surface area (Å²) in [6.07, 6.45) is -6.12. The molecule has 4 rings (SSSR count). The van der Waals surface area contributed by atoms with E-state index in [1.165, 1.54) is 24.3 Å². The molecular weight excluding hydrogens is 439 g/mol. The van der Waals surface area contributed by atoms with E-state index in [2.05, 4.69) is 5.32 Å². The van der Waals surface area contributed by atoms with E-state index in [4.69, 9.17) is 4.74 Å². The Morgan fingerprint density at radius 3 is 2.44 bits per heavy atom. The van der Waals surface area contributed by atoms with Gasteiger partial charge < -0.3 is 19.8 Å². The van der Waals surface area contributed by atoms with Crippen LogP contribution < -0.4 is 5.32 Å². The van der Waals surface area contributed by atoms with Gasteiger partial charge in [-0.15, -0.1) is 0 Å². The average molecular weight is 455 g/mol. The first-order valence-corrected chi connectivity index (χ1v) is 9.40. The molecule has 170 valence electrons. The van der Waals surface area contributed by atoms with Crippen LogP contribution in [0.1, 0.15) is 6.42 Å². The summed E-state index contributed by atoms with van der Waals surface area (Å²) in [4.78, 5) is 49.3. The number of benzene rings is 1. The van der Waals surface area contributed by atoms with E-state index >= 15 is 0 Å². The Bertz CT molecular complexity index is 1040. The Labute approximate surface area is 177 Å². The number of likely N-dealkylation sites (tertiary alicyclic amines) is 1. The van der Waals surface area contributed by atoms with Crippen molar-refractivity contribution in [1.29, 1.82) is 0 Å². The lowest BCUT2D eigenvalue weighted by atomic mass is 9.78. The molecule has 1 aromatic carbocycles. The molecule has 3 N–H and O–H groups in total. The van der Waals surface area contributed by atoms with Crippen LogP contribution in [0.3, 0.4) is 0 Å². The molecule has 0 bridgehead atoms. The van der Waals surface area contributed by atoms with Gasteiger partial charge in [-0.05, 0) is 30.7 Å². The zero-order valence-corrected chi connectivity index (χ0v) is 16.1. The van der Waals surface area contributed by atoms with Gasteiger partial charge >= 0.3 is 24.1 Å². The zero-order chi connectivity index (χ0) is 23.4. The number of halogens is 3. The van der Waals surface area contributed by atoms with Crippen molar-refractivity contribution >= 4 is 29.6 Å². The third kappa shape index (κ3) is 3.39. The van der Waals surface area contributed by atoms with Gasteiger partial charge in [-0.3, -0.25) is 19.8 Å². The summed E-state index contributed by atoms with van der Waals surface area (Å²) in [6, 6.07) is 3.08. The third-order valence-corrected chi connectivity index (χ3v) is 5.71. The van der Waals surface area contributed by atoms with Crippen molar-refractivity contribution in [3.05, 3.63) is 35.5 Å². The number of aliphatic carboxylic acids is 1. The van der Waals surface area contributed by atoms with Crippen LogP contribution in [-0.4, -0.2) is 75.3 Å². The number of nitrogens with zero attached hydrogens (tertiary/aromatic N) is 2. The molecule has 0 aliphatic carbocycles. The van der Waals surface area contributed by atoms with Crippen molar-refractivity contribution in [3.63, 3.8) is 0 Å². The molecule has 0 radical (unpaired) electrons. The molecule has 3 aliphatic rings. The Kier molecular flexibility index (Phi) is 4.98. The molecule has 10 nitrogen and oxygen atoms in total. The van der Waals surface area contributed by atoms with Gasteiger partial charge in [-0.2, -0.15) is 13.2 Å². The number of carboxylic acid groups (broad SMARTS) is 1. The van der Waals surface area contributed by atoms with Crippen LogP contribution in [-0.2, 0) is 19.1 Å². The molecular formula is C19H16F3N3O7. The number of piperidine rings is 1. The van der Waals surface area contributed by atoms with Crippen molar-refractivity contribution in [2.75, 3.05) is 18.5 Å². The number of nitrogens with one attached hydrogen (secondary N) is 1. The smallest absolute Gasteiger partial charge is 0.471 e. The number of alkyl halides is 3. The van der Waals surface area contributed by atoms with Crippen LogP contribution in [0.15, 0.2) is 35.5 Å². The number of carbonyl (C=O) groups excluding carboxylic acids is 3. The topological polar surface area (TPSA) is 136 Å². The monoisotopic (exact) mass is 455 g/mol. The third-order valence-electron chi connectivity index (χ3n) is 5.71. The van der Waals surface area contributed by atoms with Crippen molar-refractivity contribution < 1.29 is 47.3 Å². The van der Waals surface area contributed by atoms with E-state index in [-0.39, 0.29) is 24.3 Å². The molecule has 1 unspecified atom stereocenters. The second-order valence-corrected chi connectivity index (χ2v) is 7.46. The predicted molar refractivity (Wildman–Crippen MR) is 98.0 cm³/mol. The van der Waals surface area contributed by atoms with E-state index in [0.717, 1.165) is 4.90 Å². The quantitative estimate of drug-likeness (QED) is 0.460. The molecule has 13 heteroatoms. The number of phenols is 1. The minimum Gasteiger partial charge on any atom is -0.508 e. The summed E-state index contributed by atoms with van der Waals surface area (Å²) in [6.45, 7) is -0.893. The van der Waals surface area contributed by atoms with Gasteiger partial charge in [0.2, 0.25) is 0 Å². The van der Waals surface area contributed by atoms with Gasteiger partial charge in [-0.25, -0.2) is 9.59 Å². The summed E-state index contributed by atoms with van der Waals surface area (Å²) in [5, 5.41) is 21.2. The number of β-lactam (4-membered cyclic amide) rings is 1. The van der Waals surface area contributed by atoms with Gasteiger partial charge in [0.05, 0.1) is 6.04 Å². The molecule has 3 amide bonds. The van der Waals surface area contributed by atoms with Gasteiger partial charge in [-0.1, -0.05) is 0 Å². The highest BCUT2D eigenvalue weighted by Gasteiger charge is 2.66. The SMILES string of the molecule is O=C(Nc1ccc(O)cc1)OCC1=C(C(=O)O)N2C(=O)[C@@H]3[C@H]2C1CCN3C(=O)C(F)(F)F. The van der Waals surface area contributed by atoms with Crippen molar-refractivity contribution in [1.82, 2.24) is 9.80 Å². The van der Waals surface area contributed by atoms with Crippen molar-refractivity contribution in [2.45, 2.75) is 24.7 Å². The van der Waals surface area contributed by atoms with Gasteiger partial charge in [0.25, 0.3) is 5.91 Å². The van der Waals surface area contributed by atoms with Gasteiger partial charge in [0, 0.05) is 23.7 Å². The molecule has 3 aliphatic heterocycles. The minimum atomic E-state index is -5.16. The van der Waals surface area contributed by atoms with Crippen LogP contribution in [0, 0.1) is 5.92 Å². The molecule has 2 fully saturated rings. The van der Waals surface area contributed by atoms with Crippen LogP contribution in [0.5, 0.6) is 5.75 Å². The summed E-state index contributed by atoms with van der Waals surface area (Å²) in [7, 11) is 0. The standard InChI is InChI=1S/C19H16F3N3O7/c20-19(21,22)17(30)24-6-5-10-11(13(16(28)29)25-12(10)14(24)15(25)27)7-32-18(31)23-8-1-3-9(26)4-2-8/h1-4,10,12,14,26H,5-7H2,(H,23,31)(H,28,29)/t10?,12-,14+/m1/s1. The molecule has 3 atom stereocenters. The molecule has 0 saturated carbocycles. The maximum atomic E-state index is 12.9. The number of rotatable bonds is 4. The lowest BCUT2D eigenvalue weighted by Gasteiger charge is -2.53. The molecule has 1 aromatic rings. The van der Waals surface area contributed by atoms with Crippen LogP contribution >= 0.6 is 0 Å². The highest BCUT2D eigenvalue weighted by molar-refractivity contribution is 6.03. The molecule has 0 aromatic heterocycles. The van der Waals surface area contributed by atoms with E-state index in [1.54, 1.807) is 0 Å². The number of aromatic hydroxyl groups is 1. The number of anilines is 1. The first-order chi connectivity index (χ1) is 15.0. The highest BCUT2D eigenvalue weighted by Crippen LogP contribution is 2.49. The Balaban J connectivity index is 1.50. The predicted octanol–water partition coefficient (Wildman–Crippen LogP) is 1.28. The summed E-state index contributed by atoms with van der Waals surface area (Å²) in [5.41, 5.74) is -0.0528. The maximum absolute atomic E-state index is 12.9. The average Bonchev–Trinajstić information content (AvgIpc) is 3.04. The first kappa shape index (κ1) is 21.5. The van der Waals surface area contributed by atoms with E-state index in [9.17, 15) is 42.6 Å². The Morgan fingerprint density at radius 1 is 1.19 bits per heavy atom. The largest absolute Gasteiger partial charge is 0.508 e. The fourth-order valence-electron chi connectivity index (χ4n) is 4.42. The Hall–Kier alpha value is -3.77. The first-order valence-electron chi connectivity index (χ1n) is 9.40. The second kappa shape index (κ2) is 7.43. The Morgan fingerprint density at radius 2 is 1.84 bits per heavy atom. The van der Waals surface area contributed by atoms with E-state index in [1.807, 2.05) is 0 Å². The van der Waals surface area contributed by atoms with Crippen LogP contribution in [0.25, 0.3) is 0 Å². The fraction of sp³-hybridized carbons (Fsp3) is 0.368. The van der Waals surface area contributed by atoms with E-state index < -0.39 is 60.4 Å². The summed E-state index contributed by atoms with van der Waals surface area (Å²) < 4.78 is 43.8. The lowest BCUT2D eigenvalue weighted by Crippen LogP contribution is -2.74. The minimum absolute atomic E-state index is 0.0229. The lowest BCUT2D eigenvalue weighted by molar-refractivity contribution is -0.198. The number of hydrogen-bond acceptors (Lipinski definition) is 6. The van der Waals surface area contributed by atoms with E-state index in [0.29, 0.717) is 10.6 Å². The number of ether oxygens (including phenoxy) is 1. The van der Waals surface area contributed by atoms with Crippen molar-refractivity contribution in [3.8, 4) is 5.75 Å². The van der Waals surface area contributed by atoms with Gasteiger partial charge in [0.1, 0.15) is 24.1 Å². The van der Waals surface area contributed by atoms with Crippen LogP contribution in [0.2, 0.25) is 0 Å². The summed E-state index contributed by atoms with van der Waals surface area (Å²) >= 11 is 0. The normalized spacial score (nSPS) is 24.1. The summed E-state index contributed by atoms with van der Waals surface area (Å²) in [5.74, 6) is -5.24. The molecule has 0 spiro atoms. The molecule has 2 saturated heterocycles. The number of carbonyl (C=O) groups is 4. The fourth-order valence-corrected chi connectivity index (χ4v) is 4.42. The highest BCUT2D eigenvalue weighted by atomic mass is 19.4. The second-order valence-electron chi connectivity index (χ2n) is 7.46. The number of carboxylic acids is 1. The van der Waals surface area contributed by atoms with Crippen LogP contribution in [0.4, 0.5) is 23.7 Å². The maximum Gasteiger partial charge on any atom is 0.471 e. The zero-order valence-electron chi connectivity index (χ0n) is 16.1. The number of hydrogen-bond donors (Lipinski definition) is 3.